The first-order chi connectivity index (χ1) is 13.1. The van der Waals surface area contributed by atoms with Crippen LogP contribution in [0.25, 0.3) is 0 Å². The van der Waals surface area contributed by atoms with E-state index in [1.165, 1.54) is 24.0 Å². The lowest BCUT2D eigenvalue weighted by Crippen LogP contribution is -2.01. The van der Waals surface area contributed by atoms with Crippen LogP contribution in [0.4, 0.5) is 4.39 Å². The van der Waals surface area contributed by atoms with Gasteiger partial charge >= 0.3 is 0 Å². The molecule has 0 unspecified atom stereocenters. The van der Waals surface area contributed by atoms with Crippen molar-refractivity contribution < 1.29 is 4.39 Å². The molecule has 3 aromatic rings. The highest BCUT2D eigenvalue weighted by Gasteiger charge is 2.12. The van der Waals surface area contributed by atoms with Crippen molar-refractivity contribution in [2.45, 2.75) is 30.7 Å². The van der Waals surface area contributed by atoms with E-state index < -0.39 is 5.82 Å². The summed E-state index contributed by atoms with van der Waals surface area (Å²) in [7, 11) is 0. The lowest BCUT2D eigenvalue weighted by molar-refractivity contribution is 0.625. The Morgan fingerprint density at radius 1 is 1.22 bits per heavy atom. The fourth-order valence-corrected chi connectivity index (χ4v) is 3.70. The van der Waals surface area contributed by atoms with E-state index in [0.717, 1.165) is 34.5 Å². The lowest BCUT2D eigenvalue weighted by atomic mass is 10.2. The van der Waals surface area contributed by atoms with E-state index in [2.05, 4.69) is 38.2 Å². The molecule has 0 amide bonds. The normalized spacial score (nSPS) is 11.4. The summed E-state index contributed by atoms with van der Waals surface area (Å²) in [6, 6.07) is 12.7. The van der Waals surface area contributed by atoms with Gasteiger partial charge in [-0.15, -0.1) is 10.2 Å². The smallest absolute Gasteiger partial charge is 0.206 e. The summed E-state index contributed by atoms with van der Waals surface area (Å²) in [5.41, 5.74) is 1.41. The Labute approximate surface area is 175 Å². The minimum absolute atomic E-state index is 0.249. The number of hydrogen-bond donors (Lipinski definition) is 0. The maximum absolute atomic E-state index is 14.0. The Bertz CT molecular complexity index is 923. The SMILES string of the molecule is CCCc1nnc(SCc2ccc(Br)cc2)n1/N=C/c1c(F)cccc1Cl. The number of hydrogen-bond acceptors (Lipinski definition) is 4. The van der Waals surface area contributed by atoms with Crippen molar-refractivity contribution in [3.05, 3.63) is 74.7 Å². The van der Waals surface area contributed by atoms with Crippen molar-refractivity contribution >= 4 is 45.5 Å². The predicted molar refractivity (Wildman–Crippen MR) is 112 cm³/mol. The molecule has 0 aliphatic rings. The Kier molecular flexibility index (Phi) is 7.04. The van der Waals surface area contributed by atoms with E-state index >= 15 is 0 Å². The second-order valence-electron chi connectivity index (χ2n) is 5.76. The number of aromatic nitrogens is 3. The van der Waals surface area contributed by atoms with Gasteiger partial charge in [0, 0.05) is 22.2 Å². The second kappa shape index (κ2) is 9.48. The third kappa shape index (κ3) is 5.18. The van der Waals surface area contributed by atoms with Gasteiger partial charge in [-0.1, -0.05) is 64.4 Å². The maximum Gasteiger partial charge on any atom is 0.212 e. The zero-order valence-corrected chi connectivity index (χ0v) is 17.7. The van der Waals surface area contributed by atoms with Gasteiger partial charge in [-0.2, -0.15) is 9.78 Å². The van der Waals surface area contributed by atoms with Crippen LogP contribution in [0.5, 0.6) is 0 Å². The van der Waals surface area contributed by atoms with Crippen LogP contribution >= 0.6 is 39.3 Å². The molecule has 3 rings (SSSR count). The van der Waals surface area contributed by atoms with E-state index in [-0.39, 0.29) is 5.56 Å². The van der Waals surface area contributed by atoms with Gasteiger partial charge in [-0.3, -0.25) is 0 Å². The topological polar surface area (TPSA) is 43.1 Å². The molecule has 1 heterocycles. The van der Waals surface area contributed by atoms with Gasteiger partial charge in [-0.25, -0.2) is 4.39 Å². The average Bonchev–Trinajstić information content (AvgIpc) is 3.03. The molecule has 0 N–H and O–H groups in total. The zero-order valence-electron chi connectivity index (χ0n) is 14.6. The summed E-state index contributed by atoms with van der Waals surface area (Å²) in [4.78, 5) is 0. The second-order valence-corrected chi connectivity index (χ2v) is 8.02. The molecule has 1 aromatic heterocycles. The zero-order chi connectivity index (χ0) is 19.2. The number of rotatable bonds is 7. The molecule has 0 saturated heterocycles. The van der Waals surface area contributed by atoms with Crippen LogP contribution in [0.1, 0.15) is 30.3 Å². The first-order valence-electron chi connectivity index (χ1n) is 8.38. The summed E-state index contributed by atoms with van der Waals surface area (Å²) in [6.07, 6.45) is 3.06. The Hall–Kier alpha value is -1.70. The third-order valence-electron chi connectivity index (χ3n) is 3.73. The van der Waals surface area contributed by atoms with E-state index in [0.29, 0.717) is 10.2 Å². The molecule has 0 aliphatic carbocycles. The van der Waals surface area contributed by atoms with Crippen LogP contribution in [0.2, 0.25) is 5.02 Å². The van der Waals surface area contributed by atoms with Crippen LogP contribution < -0.4 is 0 Å². The Morgan fingerprint density at radius 3 is 2.70 bits per heavy atom. The minimum atomic E-state index is -0.416. The molecule has 0 radical (unpaired) electrons. The fourth-order valence-electron chi connectivity index (χ4n) is 2.36. The molecule has 0 bridgehead atoms. The highest BCUT2D eigenvalue weighted by molar-refractivity contribution is 9.10. The van der Waals surface area contributed by atoms with Gasteiger partial charge in [0.15, 0.2) is 5.82 Å². The van der Waals surface area contributed by atoms with Crippen LogP contribution in [-0.4, -0.2) is 21.1 Å². The van der Waals surface area contributed by atoms with Gasteiger partial charge in [0.05, 0.1) is 11.2 Å². The van der Waals surface area contributed by atoms with Gasteiger partial charge in [0.25, 0.3) is 0 Å². The predicted octanol–water partition coefficient (Wildman–Crippen LogP) is 5.96. The van der Waals surface area contributed by atoms with Crippen LogP contribution in [0.15, 0.2) is 57.2 Å². The minimum Gasteiger partial charge on any atom is -0.206 e. The first kappa shape index (κ1) is 20.0. The quantitative estimate of drug-likeness (QED) is 0.318. The molecule has 140 valence electrons. The summed E-state index contributed by atoms with van der Waals surface area (Å²) in [5.74, 6) is 1.05. The summed E-state index contributed by atoms with van der Waals surface area (Å²) >= 11 is 11.0. The van der Waals surface area contributed by atoms with Crippen LogP contribution in [0, 0.1) is 5.82 Å². The number of thioether (sulfide) groups is 1. The van der Waals surface area contributed by atoms with Crippen molar-refractivity contribution in [2.24, 2.45) is 5.10 Å². The Balaban J connectivity index is 1.85. The van der Waals surface area contributed by atoms with E-state index in [9.17, 15) is 4.39 Å². The van der Waals surface area contributed by atoms with E-state index in [4.69, 9.17) is 11.6 Å². The van der Waals surface area contributed by atoms with E-state index in [1.54, 1.807) is 16.8 Å². The first-order valence-corrected chi connectivity index (χ1v) is 10.5. The standard InChI is InChI=1S/C19H17BrClFN4S/c1-2-4-18-24-25-19(27-12-13-7-9-14(20)10-8-13)26(18)23-11-15-16(21)5-3-6-17(15)22/h3,5-11H,2,4,12H2,1H3/b23-11+. The van der Waals surface area contributed by atoms with Gasteiger partial charge in [0.2, 0.25) is 5.16 Å². The highest BCUT2D eigenvalue weighted by Crippen LogP contribution is 2.24. The molecule has 27 heavy (non-hydrogen) atoms. The third-order valence-corrected chi connectivity index (χ3v) is 5.58. The van der Waals surface area contributed by atoms with Gasteiger partial charge in [0.1, 0.15) is 5.82 Å². The molecule has 0 aliphatic heterocycles. The van der Waals surface area contributed by atoms with Crippen molar-refractivity contribution in [3.63, 3.8) is 0 Å². The number of nitrogens with zero attached hydrogens (tertiary/aromatic N) is 4. The molecule has 2 aromatic carbocycles. The fraction of sp³-hybridized carbons (Fsp3) is 0.211. The number of halogens is 3. The highest BCUT2D eigenvalue weighted by atomic mass is 79.9. The molecule has 0 spiro atoms. The monoisotopic (exact) mass is 466 g/mol. The van der Waals surface area contributed by atoms with Crippen molar-refractivity contribution in [3.8, 4) is 0 Å². The largest absolute Gasteiger partial charge is 0.212 e. The van der Waals surface area contributed by atoms with Crippen LogP contribution in [0.3, 0.4) is 0 Å². The summed E-state index contributed by atoms with van der Waals surface area (Å²) in [6.45, 7) is 2.06. The molecule has 0 saturated carbocycles. The van der Waals surface area contributed by atoms with Crippen molar-refractivity contribution in [1.29, 1.82) is 0 Å². The molecule has 8 heteroatoms. The maximum atomic E-state index is 14.0. The molecule has 0 fully saturated rings. The van der Waals surface area contributed by atoms with E-state index in [1.807, 2.05) is 24.3 Å². The Morgan fingerprint density at radius 2 is 2.00 bits per heavy atom. The van der Waals surface area contributed by atoms with Gasteiger partial charge in [-0.05, 0) is 36.2 Å². The average molecular weight is 468 g/mol. The van der Waals surface area contributed by atoms with Crippen molar-refractivity contribution in [2.75, 3.05) is 0 Å². The molecule has 0 atom stereocenters. The molecular formula is C19H17BrClFN4S. The van der Waals surface area contributed by atoms with Gasteiger partial charge < -0.3 is 0 Å². The molecular weight excluding hydrogens is 451 g/mol. The number of aryl methyl sites for hydroxylation is 1. The summed E-state index contributed by atoms with van der Waals surface area (Å²) in [5, 5.41) is 13.9. The number of benzene rings is 2. The van der Waals surface area contributed by atoms with Crippen LogP contribution in [-0.2, 0) is 12.2 Å². The summed E-state index contributed by atoms with van der Waals surface area (Å²) < 4.78 is 16.7. The van der Waals surface area contributed by atoms with Crippen molar-refractivity contribution in [1.82, 2.24) is 14.9 Å². The molecule has 4 nitrogen and oxygen atoms in total. The lowest BCUT2D eigenvalue weighted by Gasteiger charge is -2.05.